The molecule has 2 heteroatoms. The molecule has 0 fully saturated rings. The number of allylic oxidation sites excluding steroid dienone is 20. The van der Waals surface area contributed by atoms with Crippen LogP contribution in [0.3, 0.4) is 0 Å². The van der Waals surface area contributed by atoms with E-state index in [0.29, 0.717) is 23.7 Å². The molecule has 0 spiro atoms. The summed E-state index contributed by atoms with van der Waals surface area (Å²) in [5.41, 5.74) is 30.7. The molecule has 10 aliphatic carbocycles. The maximum atomic E-state index is 2.67. The fraction of sp³-hybridized carbons (Fsp3) is 0.256. The Kier molecular flexibility index (Phi) is 11.9. The Bertz CT molecular complexity index is 5020. The third kappa shape index (κ3) is 8.12. The number of benzene rings is 6. The van der Waals surface area contributed by atoms with Crippen LogP contribution in [0.2, 0.25) is 0 Å². The van der Waals surface area contributed by atoms with Crippen molar-refractivity contribution < 1.29 is 0 Å². The molecule has 0 saturated heterocycles. The van der Waals surface area contributed by atoms with E-state index in [-0.39, 0.29) is 10.8 Å². The Balaban J connectivity index is 0.707. The number of hydrogen-bond acceptors (Lipinski definition) is 0. The second-order valence-corrected chi connectivity index (χ2v) is 28.2. The van der Waals surface area contributed by atoms with E-state index in [1.54, 1.807) is 0 Å². The first-order chi connectivity index (χ1) is 43.1. The summed E-state index contributed by atoms with van der Waals surface area (Å²) in [7, 11) is 0. The summed E-state index contributed by atoms with van der Waals surface area (Å²) in [4.78, 5) is 0. The number of aromatic nitrogens is 2. The van der Waals surface area contributed by atoms with E-state index in [1.165, 1.54) is 174 Å². The molecule has 0 radical (unpaired) electrons. The van der Waals surface area contributed by atoms with Crippen molar-refractivity contribution in [1.82, 2.24) is 9.13 Å². The van der Waals surface area contributed by atoms with E-state index < -0.39 is 0 Å². The molecular formula is C86H76N2. The Morgan fingerprint density at radius 2 is 1.20 bits per heavy atom. The predicted octanol–water partition coefficient (Wildman–Crippen LogP) is 18.9. The summed E-state index contributed by atoms with van der Waals surface area (Å²) < 4.78 is 5.22. The van der Waals surface area contributed by atoms with Gasteiger partial charge in [-0.2, -0.15) is 0 Å². The molecule has 2 heterocycles. The summed E-state index contributed by atoms with van der Waals surface area (Å²) in [5, 5.41) is 8.21. The molecule has 4 atom stereocenters. The van der Waals surface area contributed by atoms with Gasteiger partial charge in [-0.1, -0.05) is 198 Å². The zero-order valence-corrected chi connectivity index (χ0v) is 51.5. The van der Waals surface area contributed by atoms with E-state index >= 15 is 0 Å². The van der Waals surface area contributed by atoms with Crippen molar-refractivity contribution in [2.45, 2.75) is 121 Å². The second-order valence-electron chi connectivity index (χ2n) is 28.2. The molecule has 6 aromatic carbocycles. The maximum absolute atomic E-state index is 2.67. The number of fused-ring (bicyclic) bond motifs is 14. The first kappa shape index (κ1) is 52.4. The van der Waals surface area contributed by atoms with Crippen molar-refractivity contribution in [1.29, 1.82) is 0 Å². The smallest absolute Gasteiger partial charge is 0.0544 e. The number of rotatable bonds is 7. The van der Waals surface area contributed by atoms with Crippen molar-refractivity contribution in [3.63, 3.8) is 0 Å². The molecule has 0 bridgehead atoms. The number of hydrogen-bond donors (Lipinski definition) is 0. The minimum absolute atomic E-state index is 0.0552. The highest BCUT2D eigenvalue weighted by atomic mass is 15.0. The highest BCUT2D eigenvalue weighted by Crippen LogP contribution is 2.52. The lowest BCUT2D eigenvalue weighted by atomic mass is 9.75. The minimum atomic E-state index is -0.0949. The standard InChI is InChI=1S/C86H76N2/c1-85(2)77-25-12-9-22-69(77)72-49-75-71-24-11-14-27-81(71)87(83(75)51-79(72)85)67-37-32-55(33-38-67)56-34-39-68(40-35-56)88-82-41-36-63(48-74(82)76-50-73-70-23-10-13-26-78(70)86(3,4)80(73)52-84(76)88)59-20-15-21-60(44-59)64-45-65(61-30-28-53-16-5-7-18-57(53)42-61)47-66(46-64)62-31-29-54-17-6-8-19-58(54)43-62/h5,7-10,12-13,16,19-20,22-28,30-34,37-39,41,43-52,54,57,61,63H,6,11,14-15,17-18,21,29,35-36,40,42H2,1-4H3. The second kappa shape index (κ2) is 19.9. The zero-order chi connectivity index (χ0) is 58.6. The van der Waals surface area contributed by atoms with E-state index in [9.17, 15) is 0 Å². The van der Waals surface area contributed by atoms with Crippen molar-refractivity contribution in [3.05, 3.63) is 277 Å². The molecule has 0 aliphatic heterocycles. The van der Waals surface area contributed by atoms with Gasteiger partial charge in [0.2, 0.25) is 0 Å². The quantitative estimate of drug-likeness (QED) is 0.151. The Morgan fingerprint density at radius 3 is 1.99 bits per heavy atom. The summed E-state index contributed by atoms with van der Waals surface area (Å²) in [6, 6.07) is 45.6. The lowest BCUT2D eigenvalue weighted by molar-refractivity contribution is 0.524. The summed E-state index contributed by atoms with van der Waals surface area (Å²) in [6.45, 7) is 9.66. The first-order valence-electron chi connectivity index (χ1n) is 33.3. The highest BCUT2D eigenvalue weighted by molar-refractivity contribution is 5.97. The van der Waals surface area contributed by atoms with Crippen LogP contribution >= 0.6 is 0 Å². The molecule has 0 saturated carbocycles. The van der Waals surface area contributed by atoms with Crippen molar-refractivity contribution in [2.75, 3.05) is 0 Å². The van der Waals surface area contributed by atoms with Crippen LogP contribution in [-0.4, -0.2) is 9.13 Å². The van der Waals surface area contributed by atoms with Crippen molar-refractivity contribution in [3.8, 4) is 27.9 Å². The summed E-state index contributed by atoms with van der Waals surface area (Å²) in [6.07, 6.45) is 55.2. The monoisotopic (exact) mass is 1140 g/mol. The van der Waals surface area contributed by atoms with Gasteiger partial charge < -0.3 is 9.13 Å². The fourth-order valence-electron chi connectivity index (χ4n) is 17.9. The molecule has 2 nitrogen and oxygen atoms in total. The van der Waals surface area contributed by atoms with Gasteiger partial charge in [-0.05, 0) is 238 Å². The molecule has 0 N–H and O–H groups in total. The van der Waals surface area contributed by atoms with Gasteiger partial charge in [0.25, 0.3) is 0 Å². The SMILES string of the molecule is CC1(C)c2ccccc2-c2cc3c4c(n(C5=CC=C(c6ccc(-n7c8c(c9cc%10c(cc97)C(C)(C)c7ccccc7-%10)=CCCC=8)cc6)CC5)c3cc21)=CCC(C1=CCCC(c2cc(C3=CCC5CCC=CC5=C3)cc(C3C=CC5=CC=CCC5C3)c2)=C1)C=4. The average molecular weight is 1140 g/mol. The maximum Gasteiger partial charge on any atom is 0.0544 e. The van der Waals surface area contributed by atoms with Gasteiger partial charge in [-0.3, -0.25) is 0 Å². The molecule has 2 aromatic heterocycles. The van der Waals surface area contributed by atoms with Gasteiger partial charge in [0.1, 0.15) is 0 Å². The molecular weight excluding hydrogens is 1060 g/mol. The normalized spacial score (nSPS) is 22.9. The third-order valence-corrected chi connectivity index (χ3v) is 22.6. The van der Waals surface area contributed by atoms with Crippen LogP contribution in [0.1, 0.15) is 155 Å². The summed E-state index contributed by atoms with van der Waals surface area (Å²) >= 11 is 0. The molecule has 430 valence electrons. The Labute approximate surface area is 518 Å². The lowest BCUT2D eigenvalue weighted by Gasteiger charge is -2.29. The van der Waals surface area contributed by atoms with Crippen LogP contribution in [0.5, 0.6) is 0 Å². The van der Waals surface area contributed by atoms with Gasteiger partial charge in [0.05, 0.1) is 11.0 Å². The van der Waals surface area contributed by atoms with Crippen LogP contribution in [0.15, 0.2) is 211 Å². The van der Waals surface area contributed by atoms with E-state index in [4.69, 9.17) is 0 Å². The van der Waals surface area contributed by atoms with Gasteiger partial charge in [-0.15, -0.1) is 0 Å². The van der Waals surface area contributed by atoms with Gasteiger partial charge in [0.15, 0.2) is 0 Å². The molecule has 10 aliphatic rings. The van der Waals surface area contributed by atoms with Crippen LogP contribution in [-0.2, 0) is 10.8 Å². The van der Waals surface area contributed by atoms with Crippen LogP contribution in [0.4, 0.5) is 0 Å². The number of nitrogens with zero attached hydrogens (tertiary/aromatic N) is 2. The molecule has 0 amide bonds. The zero-order valence-electron chi connectivity index (χ0n) is 51.5. The van der Waals surface area contributed by atoms with Crippen LogP contribution in [0.25, 0.3) is 96.5 Å². The molecule has 18 rings (SSSR count). The van der Waals surface area contributed by atoms with Gasteiger partial charge in [-0.25, -0.2) is 0 Å². The Morgan fingerprint density at radius 1 is 0.466 bits per heavy atom. The van der Waals surface area contributed by atoms with Crippen LogP contribution < -0.4 is 21.1 Å². The molecule has 8 aromatic rings. The Hall–Kier alpha value is -8.72. The first-order valence-corrected chi connectivity index (χ1v) is 33.3. The van der Waals surface area contributed by atoms with E-state index in [1.807, 2.05) is 0 Å². The fourth-order valence-corrected chi connectivity index (χ4v) is 17.9. The molecule has 4 unspecified atom stereocenters. The van der Waals surface area contributed by atoms with Crippen molar-refractivity contribution >= 4 is 68.5 Å². The van der Waals surface area contributed by atoms with Gasteiger partial charge >= 0.3 is 0 Å². The highest BCUT2D eigenvalue weighted by Gasteiger charge is 2.38. The minimum Gasteiger partial charge on any atom is -0.313 e. The summed E-state index contributed by atoms with van der Waals surface area (Å²) in [5.74, 6) is 1.95. The lowest BCUT2D eigenvalue weighted by Crippen LogP contribution is -2.33. The average Bonchev–Trinajstić information content (AvgIpc) is 1.61. The van der Waals surface area contributed by atoms with Crippen molar-refractivity contribution in [2.24, 2.45) is 17.8 Å². The largest absolute Gasteiger partial charge is 0.313 e. The van der Waals surface area contributed by atoms with Crippen LogP contribution in [0, 0.1) is 17.8 Å². The van der Waals surface area contributed by atoms with Gasteiger partial charge in [0, 0.05) is 66.0 Å². The third-order valence-electron chi connectivity index (χ3n) is 22.6. The van der Waals surface area contributed by atoms with E-state index in [2.05, 4.69) is 255 Å². The van der Waals surface area contributed by atoms with E-state index in [0.717, 1.165) is 57.8 Å². The molecule has 88 heavy (non-hydrogen) atoms. The topological polar surface area (TPSA) is 9.86 Å². The predicted molar refractivity (Wildman–Crippen MR) is 372 cm³/mol.